The minimum absolute atomic E-state index is 0.0538. The van der Waals surface area contributed by atoms with Crippen molar-refractivity contribution < 1.29 is 9.90 Å². The van der Waals surface area contributed by atoms with E-state index < -0.39 is 5.92 Å². The molecule has 3 N–H and O–H groups in total. The normalized spacial score (nSPS) is 20.4. The monoisotopic (exact) mass is 292 g/mol. The van der Waals surface area contributed by atoms with E-state index in [9.17, 15) is 9.90 Å². The molecule has 1 heterocycles. The van der Waals surface area contributed by atoms with E-state index in [-0.39, 0.29) is 23.4 Å². The SMILES string of the molecule is NC(=S)C(C(=O)N1CCCC(CO)C1)c1ccccc1. The molecule has 1 saturated heterocycles. The molecule has 1 aromatic carbocycles. The van der Waals surface area contributed by atoms with Crippen molar-refractivity contribution in [1.29, 1.82) is 0 Å². The lowest BCUT2D eigenvalue weighted by atomic mass is 9.94. The van der Waals surface area contributed by atoms with Crippen LogP contribution in [0.15, 0.2) is 30.3 Å². The number of carbonyl (C=O) groups excluding carboxylic acids is 1. The number of rotatable bonds is 4. The Morgan fingerprint density at radius 3 is 2.75 bits per heavy atom. The minimum atomic E-state index is -0.566. The Morgan fingerprint density at radius 1 is 1.45 bits per heavy atom. The largest absolute Gasteiger partial charge is 0.396 e. The summed E-state index contributed by atoms with van der Waals surface area (Å²) in [5, 5.41) is 9.27. The van der Waals surface area contributed by atoms with E-state index in [1.54, 1.807) is 4.90 Å². The first kappa shape index (κ1) is 14.9. The van der Waals surface area contributed by atoms with Gasteiger partial charge in [-0.3, -0.25) is 4.79 Å². The molecule has 0 saturated carbocycles. The lowest BCUT2D eigenvalue weighted by Crippen LogP contribution is -2.45. The van der Waals surface area contributed by atoms with Gasteiger partial charge in [-0.25, -0.2) is 0 Å². The second-order valence-corrected chi connectivity index (χ2v) is 5.69. The second-order valence-electron chi connectivity index (χ2n) is 5.22. The lowest BCUT2D eigenvalue weighted by molar-refractivity contribution is -0.133. The van der Waals surface area contributed by atoms with Gasteiger partial charge in [0.2, 0.25) is 5.91 Å². The van der Waals surface area contributed by atoms with Crippen LogP contribution in [-0.2, 0) is 4.79 Å². The van der Waals surface area contributed by atoms with Gasteiger partial charge < -0.3 is 15.7 Å². The fraction of sp³-hybridized carbons (Fsp3) is 0.467. The Kier molecular flexibility index (Phi) is 5.09. The number of benzene rings is 1. The second kappa shape index (κ2) is 6.81. The van der Waals surface area contributed by atoms with Gasteiger partial charge in [-0.1, -0.05) is 42.5 Å². The molecular weight excluding hydrogens is 272 g/mol. The lowest BCUT2D eigenvalue weighted by Gasteiger charge is -2.34. The van der Waals surface area contributed by atoms with Gasteiger partial charge in [0.25, 0.3) is 0 Å². The van der Waals surface area contributed by atoms with Gasteiger partial charge in [-0.15, -0.1) is 0 Å². The molecule has 1 aliphatic rings. The maximum absolute atomic E-state index is 12.7. The number of thiocarbonyl (C=S) groups is 1. The molecule has 20 heavy (non-hydrogen) atoms. The van der Waals surface area contributed by atoms with Gasteiger partial charge >= 0.3 is 0 Å². The number of amides is 1. The fourth-order valence-electron chi connectivity index (χ4n) is 2.67. The average molecular weight is 292 g/mol. The number of aliphatic hydroxyl groups is 1. The standard InChI is InChI=1S/C15H20N2O2S/c16-14(20)13(12-6-2-1-3-7-12)15(19)17-8-4-5-11(9-17)10-18/h1-3,6-7,11,13,18H,4-5,8-10H2,(H2,16,20). The van der Waals surface area contributed by atoms with Crippen LogP contribution in [0.5, 0.6) is 0 Å². The number of piperidine rings is 1. The third-order valence-electron chi connectivity index (χ3n) is 3.75. The first-order valence-electron chi connectivity index (χ1n) is 6.87. The molecular formula is C15H20N2O2S. The molecule has 1 fully saturated rings. The third-order valence-corrected chi connectivity index (χ3v) is 3.99. The predicted octanol–water partition coefficient (Wildman–Crippen LogP) is 1.29. The van der Waals surface area contributed by atoms with Crippen molar-refractivity contribution in [3.63, 3.8) is 0 Å². The molecule has 0 bridgehead atoms. The molecule has 2 rings (SSSR count). The van der Waals surface area contributed by atoms with Crippen LogP contribution < -0.4 is 5.73 Å². The summed E-state index contributed by atoms with van der Waals surface area (Å²) < 4.78 is 0. The van der Waals surface area contributed by atoms with Gasteiger partial charge in [0, 0.05) is 19.7 Å². The first-order valence-corrected chi connectivity index (χ1v) is 7.28. The Bertz CT molecular complexity index is 478. The zero-order valence-corrected chi connectivity index (χ0v) is 12.2. The van der Waals surface area contributed by atoms with Crippen LogP contribution in [-0.4, -0.2) is 40.6 Å². The zero-order valence-electron chi connectivity index (χ0n) is 11.4. The number of nitrogens with zero attached hydrogens (tertiary/aromatic N) is 1. The van der Waals surface area contributed by atoms with Gasteiger partial charge in [-0.2, -0.15) is 0 Å². The number of hydrogen-bond donors (Lipinski definition) is 2. The maximum Gasteiger partial charge on any atom is 0.237 e. The third kappa shape index (κ3) is 3.35. The Balaban J connectivity index is 2.17. The molecule has 1 amide bonds. The van der Waals surface area contributed by atoms with E-state index in [2.05, 4.69) is 0 Å². The number of hydrogen-bond acceptors (Lipinski definition) is 3. The van der Waals surface area contributed by atoms with Crippen LogP contribution in [0, 0.1) is 5.92 Å². The Morgan fingerprint density at radius 2 is 2.15 bits per heavy atom. The average Bonchev–Trinajstić information content (AvgIpc) is 2.48. The van der Waals surface area contributed by atoms with E-state index in [1.807, 2.05) is 30.3 Å². The Labute approximate surface area is 124 Å². The molecule has 2 atom stereocenters. The predicted molar refractivity (Wildman–Crippen MR) is 82.4 cm³/mol. The van der Waals surface area contributed by atoms with Crippen molar-refractivity contribution in [3.05, 3.63) is 35.9 Å². The van der Waals surface area contributed by atoms with E-state index in [4.69, 9.17) is 18.0 Å². The number of aliphatic hydroxyl groups excluding tert-OH is 1. The Hall–Kier alpha value is -1.46. The molecule has 0 aromatic heterocycles. The molecule has 0 spiro atoms. The van der Waals surface area contributed by atoms with Crippen molar-refractivity contribution in [3.8, 4) is 0 Å². The fourth-order valence-corrected chi connectivity index (χ4v) is 2.91. The van der Waals surface area contributed by atoms with Crippen molar-refractivity contribution >= 4 is 23.1 Å². The van der Waals surface area contributed by atoms with Crippen LogP contribution in [0.2, 0.25) is 0 Å². The molecule has 5 heteroatoms. The van der Waals surface area contributed by atoms with Crippen LogP contribution in [0.3, 0.4) is 0 Å². The smallest absolute Gasteiger partial charge is 0.237 e. The molecule has 1 aromatic rings. The number of carbonyl (C=O) groups is 1. The summed E-state index contributed by atoms with van der Waals surface area (Å²) in [6, 6.07) is 9.39. The highest BCUT2D eigenvalue weighted by atomic mass is 32.1. The van der Waals surface area contributed by atoms with Crippen LogP contribution >= 0.6 is 12.2 Å². The van der Waals surface area contributed by atoms with Gasteiger partial charge in [0.05, 0.1) is 4.99 Å². The summed E-state index contributed by atoms with van der Waals surface area (Å²) in [5.41, 5.74) is 6.61. The van der Waals surface area contributed by atoms with Crippen molar-refractivity contribution in [2.24, 2.45) is 11.7 Å². The summed E-state index contributed by atoms with van der Waals surface area (Å²) in [6.45, 7) is 1.41. The van der Waals surface area contributed by atoms with Crippen LogP contribution in [0.4, 0.5) is 0 Å². The van der Waals surface area contributed by atoms with Crippen molar-refractivity contribution in [2.75, 3.05) is 19.7 Å². The molecule has 0 aliphatic carbocycles. The van der Waals surface area contributed by atoms with Crippen molar-refractivity contribution in [1.82, 2.24) is 4.90 Å². The highest BCUT2D eigenvalue weighted by molar-refractivity contribution is 7.80. The van der Waals surface area contributed by atoms with E-state index in [1.165, 1.54) is 0 Å². The zero-order chi connectivity index (χ0) is 14.5. The van der Waals surface area contributed by atoms with Crippen molar-refractivity contribution in [2.45, 2.75) is 18.8 Å². The maximum atomic E-state index is 12.7. The summed E-state index contributed by atoms with van der Waals surface area (Å²) in [6.07, 6.45) is 1.87. The molecule has 0 radical (unpaired) electrons. The summed E-state index contributed by atoms with van der Waals surface area (Å²) in [5.74, 6) is -0.457. The van der Waals surface area contributed by atoms with Gasteiger partial charge in [0.15, 0.2) is 0 Å². The number of nitrogens with two attached hydrogens (primary N) is 1. The first-order chi connectivity index (χ1) is 9.63. The van der Waals surface area contributed by atoms with Gasteiger partial charge in [0.1, 0.15) is 5.92 Å². The molecule has 4 nitrogen and oxygen atoms in total. The number of likely N-dealkylation sites (tertiary alicyclic amines) is 1. The highest BCUT2D eigenvalue weighted by Crippen LogP contribution is 2.23. The van der Waals surface area contributed by atoms with Crippen LogP contribution in [0.1, 0.15) is 24.3 Å². The summed E-state index contributed by atoms with van der Waals surface area (Å²) in [4.78, 5) is 14.7. The summed E-state index contributed by atoms with van der Waals surface area (Å²) in [7, 11) is 0. The minimum Gasteiger partial charge on any atom is -0.396 e. The topological polar surface area (TPSA) is 66.6 Å². The van der Waals surface area contributed by atoms with Gasteiger partial charge in [-0.05, 0) is 24.3 Å². The quantitative estimate of drug-likeness (QED) is 0.821. The summed E-state index contributed by atoms with van der Waals surface area (Å²) >= 11 is 5.08. The van der Waals surface area contributed by atoms with E-state index in [0.29, 0.717) is 13.1 Å². The molecule has 108 valence electrons. The van der Waals surface area contributed by atoms with E-state index >= 15 is 0 Å². The molecule has 1 aliphatic heterocycles. The van der Waals surface area contributed by atoms with Crippen LogP contribution in [0.25, 0.3) is 0 Å². The van der Waals surface area contributed by atoms with E-state index in [0.717, 1.165) is 18.4 Å². The molecule has 2 unspecified atom stereocenters. The highest BCUT2D eigenvalue weighted by Gasteiger charge is 2.31.